The molecule has 0 bridgehead atoms. The molecule has 0 heterocycles. The van der Waals surface area contributed by atoms with Crippen LogP contribution in [-0.4, -0.2) is 19.8 Å². The van der Waals surface area contributed by atoms with E-state index in [2.05, 4.69) is 55.6 Å². The third kappa shape index (κ3) is 4.02. The van der Waals surface area contributed by atoms with E-state index in [0.717, 1.165) is 12.5 Å². The van der Waals surface area contributed by atoms with Gasteiger partial charge in [0.25, 0.3) is 0 Å². The van der Waals surface area contributed by atoms with Gasteiger partial charge in [0, 0.05) is 6.61 Å². The molecule has 0 radical (unpaired) electrons. The second-order valence-corrected chi connectivity index (χ2v) is 9.19. The van der Waals surface area contributed by atoms with Crippen LogP contribution in [0.5, 0.6) is 0 Å². The fraction of sp³-hybridized carbons (Fsp3) is 0.385. The summed E-state index contributed by atoms with van der Waals surface area (Å²) in [5, 5.41) is 10.2. The topological polar surface area (TPSA) is 20.2 Å². The lowest BCUT2D eigenvalue weighted by Crippen LogP contribution is -2.40. The molecule has 0 aliphatic carbocycles. The number of hydrogen-bond acceptors (Lipinski definition) is 1. The lowest BCUT2D eigenvalue weighted by molar-refractivity contribution is 0.302. The van der Waals surface area contributed by atoms with E-state index in [-0.39, 0.29) is 6.61 Å². The molecule has 0 unspecified atom stereocenters. The Morgan fingerprint density at radius 2 is 1.80 bits per heavy atom. The SMILES string of the molecule is C[Si](C)(C/C=C/CCO)c1ccccc1. The summed E-state index contributed by atoms with van der Waals surface area (Å²) < 4.78 is 0. The molecule has 82 valence electrons. The normalized spacial score (nSPS) is 12.2. The van der Waals surface area contributed by atoms with Gasteiger partial charge in [0.15, 0.2) is 0 Å². The largest absolute Gasteiger partial charge is 0.396 e. The van der Waals surface area contributed by atoms with Gasteiger partial charge < -0.3 is 5.11 Å². The summed E-state index contributed by atoms with van der Waals surface area (Å²) in [6.45, 7) is 5.01. The van der Waals surface area contributed by atoms with Gasteiger partial charge in [-0.2, -0.15) is 0 Å². The van der Waals surface area contributed by atoms with Crippen LogP contribution in [-0.2, 0) is 0 Å². The van der Waals surface area contributed by atoms with Gasteiger partial charge in [-0.3, -0.25) is 0 Å². The first-order valence-corrected chi connectivity index (χ1v) is 8.69. The fourth-order valence-corrected chi connectivity index (χ4v) is 3.66. The predicted octanol–water partition coefficient (Wildman–Crippen LogP) is 2.54. The van der Waals surface area contributed by atoms with Crippen molar-refractivity contribution in [1.82, 2.24) is 0 Å². The fourth-order valence-electron chi connectivity index (χ4n) is 1.58. The van der Waals surface area contributed by atoms with Crippen LogP contribution in [0.15, 0.2) is 42.5 Å². The van der Waals surface area contributed by atoms with Crippen molar-refractivity contribution < 1.29 is 5.11 Å². The number of hydrogen-bond donors (Lipinski definition) is 1. The van der Waals surface area contributed by atoms with Crippen molar-refractivity contribution >= 4 is 13.3 Å². The zero-order valence-electron chi connectivity index (χ0n) is 9.61. The van der Waals surface area contributed by atoms with Crippen LogP contribution in [0.4, 0.5) is 0 Å². The van der Waals surface area contributed by atoms with Crippen molar-refractivity contribution in [3.63, 3.8) is 0 Å². The van der Waals surface area contributed by atoms with E-state index in [9.17, 15) is 0 Å². The average Bonchev–Trinajstić information content (AvgIpc) is 2.26. The van der Waals surface area contributed by atoms with E-state index < -0.39 is 8.07 Å². The van der Waals surface area contributed by atoms with E-state index in [4.69, 9.17) is 5.11 Å². The summed E-state index contributed by atoms with van der Waals surface area (Å²) >= 11 is 0. The number of aliphatic hydroxyl groups is 1. The van der Waals surface area contributed by atoms with Crippen molar-refractivity contribution in [3.05, 3.63) is 42.5 Å². The second kappa shape index (κ2) is 5.88. The Balaban J connectivity index is 2.59. The summed E-state index contributed by atoms with van der Waals surface area (Å²) in [6.07, 6.45) is 5.08. The summed E-state index contributed by atoms with van der Waals surface area (Å²) in [7, 11) is -1.30. The highest BCUT2D eigenvalue weighted by molar-refractivity contribution is 6.90. The van der Waals surface area contributed by atoms with Crippen molar-refractivity contribution in [2.24, 2.45) is 0 Å². The van der Waals surface area contributed by atoms with E-state index in [1.165, 1.54) is 5.19 Å². The summed E-state index contributed by atoms with van der Waals surface area (Å²) in [5.74, 6) is 0. The minimum absolute atomic E-state index is 0.254. The Hall–Kier alpha value is -0.863. The molecule has 0 aliphatic heterocycles. The van der Waals surface area contributed by atoms with Gasteiger partial charge in [-0.1, -0.05) is 60.8 Å². The zero-order chi connectivity index (χ0) is 11.1. The molecular weight excluding hydrogens is 200 g/mol. The van der Waals surface area contributed by atoms with Gasteiger partial charge >= 0.3 is 0 Å². The van der Waals surface area contributed by atoms with Crippen LogP contribution in [0.25, 0.3) is 0 Å². The number of aliphatic hydroxyl groups excluding tert-OH is 1. The zero-order valence-corrected chi connectivity index (χ0v) is 10.6. The molecule has 1 nitrogen and oxygen atoms in total. The van der Waals surface area contributed by atoms with Crippen LogP contribution in [0.3, 0.4) is 0 Å². The molecule has 15 heavy (non-hydrogen) atoms. The lowest BCUT2D eigenvalue weighted by Gasteiger charge is -2.20. The molecule has 0 aromatic heterocycles. The summed E-state index contributed by atoms with van der Waals surface area (Å²) in [4.78, 5) is 0. The minimum atomic E-state index is -1.30. The first-order chi connectivity index (χ1) is 7.17. The molecule has 0 amide bonds. The first-order valence-electron chi connectivity index (χ1n) is 5.48. The Kier molecular flexibility index (Phi) is 4.79. The third-order valence-electron chi connectivity index (χ3n) is 2.65. The molecule has 0 aliphatic rings. The molecule has 0 saturated heterocycles. The van der Waals surface area contributed by atoms with Crippen LogP contribution < -0.4 is 5.19 Å². The highest BCUT2D eigenvalue weighted by Gasteiger charge is 2.20. The van der Waals surface area contributed by atoms with Crippen LogP contribution >= 0.6 is 0 Å². The van der Waals surface area contributed by atoms with Crippen LogP contribution in [0, 0.1) is 0 Å². The maximum atomic E-state index is 8.67. The smallest absolute Gasteiger partial charge is 0.0843 e. The van der Waals surface area contributed by atoms with Gasteiger partial charge in [0.2, 0.25) is 0 Å². The van der Waals surface area contributed by atoms with Crippen molar-refractivity contribution in [2.45, 2.75) is 25.6 Å². The van der Waals surface area contributed by atoms with Crippen molar-refractivity contribution in [1.29, 1.82) is 0 Å². The highest BCUT2D eigenvalue weighted by atomic mass is 28.3. The van der Waals surface area contributed by atoms with Gasteiger partial charge in [-0.25, -0.2) is 0 Å². The molecular formula is C13H20OSi. The Labute approximate surface area is 93.5 Å². The van der Waals surface area contributed by atoms with E-state index >= 15 is 0 Å². The van der Waals surface area contributed by atoms with E-state index in [1.807, 2.05) is 0 Å². The first kappa shape index (κ1) is 12.2. The van der Waals surface area contributed by atoms with Crippen molar-refractivity contribution in [2.75, 3.05) is 6.61 Å². The quantitative estimate of drug-likeness (QED) is 0.597. The van der Waals surface area contributed by atoms with Gasteiger partial charge in [-0.05, 0) is 12.5 Å². The average molecular weight is 220 g/mol. The number of benzene rings is 1. The summed E-state index contributed by atoms with van der Waals surface area (Å²) in [5.41, 5.74) is 0. The maximum absolute atomic E-state index is 8.67. The van der Waals surface area contributed by atoms with Crippen LogP contribution in [0.1, 0.15) is 6.42 Å². The highest BCUT2D eigenvalue weighted by Crippen LogP contribution is 2.10. The molecule has 2 heteroatoms. The molecule has 0 saturated carbocycles. The Morgan fingerprint density at radius 1 is 1.13 bits per heavy atom. The van der Waals surface area contributed by atoms with Crippen molar-refractivity contribution in [3.8, 4) is 0 Å². The third-order valence-corrected chi connectivity index (χ3v) is 5.80. The standard InChI is InChI=1S/C13H20OSi/c1-15(2,12-8-4-7-11-14)13-9-5-3-6-10-13/h3-6,8-10,14H,7,11-12H2,1-2H3/b8-4+. The molecule has 1 N–H and O–H groups in total. The molecule has 1 aromatic rings. The maximum Gasteiger partial charge on any atom is 0.0843 e. The van der Waals surface area contributed by atoms with Gasteiger partial charge in [0.1, 0.15) is 0 Å². The molecule has 0 spiro atoms. The molecule has 0 fully saturated rings. The Morgan fingerprint density at radius 3 is 2.40 bits per heavy atom. The molecule has 1 aromatic carbocycles. The summed E-state index contributed by atoms with van der Waals surface area (Å²) in [6, 6.07) is 11.9. The van der Waals surface area contributed by atoms with Gasteiger partial charge in [0.05, 0.1) is 8.07 Å². The van der Waals surface area contributed by atoms with E-state index in [1.54, 1.807) is 0 Å². The predicted molar refractivity (Wildman–Crippen MR) is 69.2 cm³/mol. The van der Waals surface area contributed by atoms with E-state index in [0.29, 0.717) is 0 Å². The number of allylic oxidation sites excluding steroid dienone is 1. The van der Waals surface area contributed by atoms with Gasteiger partial charge in [-0.15, -0.1) is 0 Å². The monoisotopic (exact) mass is 220 g/mol. The lowest BCUT2D eigenvalue weighted by atomic mass is 10.4. The molecule has 1 rings (SSSR count). The number of rotatable bonds is 5. The van der Waals surface area contributed by atoms with Crippen LogP contribution in [0.2, 0.25) is 19.1 Å². The minimum Gasteiger partial charge on any atom is -0.396 e. The second-order valence-electron chi connectivity index (χ2n) is 4.44. The Bertz CT molecular complexity index is 304. The molecule has 0 atom stereocenters.